The van der Waals surface area contributed by atoms with Crippen LogP contribution in [0, 0.1) is 12.3 Å². The minimum atomic E-state index is -0.675. The highest BCUT2D eigenvalue weighted by Gasteiger charge is 2.35. The Morgan fingerprint density at radius 3 is 2.60 bits per heavy atom. The maximum absolute atomic E-state index is 13.9. The van der Waals surface area contributed by atoms with Crippen molar-refractivity contribution in [2.45, 2.75) is 19.9 Å². The van der Waals surface area contributed by atoms with Gasteiger partial charge in [0.1, 0.15) is 12.6 Å². The zero-order chi connectivity index (χ0) is 28.1. The summed E-state index contributed by atoms with van der Waals surface area (Å²) in [5.74, 6) is 3.02. The number of terminal acetylenes is 1. The Bertz CT molecular complexity index is 1780. The van der Waals surface area contributed by atoms with Gasteiger partial charge < -0.3 is 14.2 Å². The number of esters is 1. The molecule has 1 atom stereocenters. The first kappa shape index (κ1) is 27.2. The predicted octanol–water partition coefficient (Wildman–Crippen LogP) is 4.41. The molecular formula is C31H26N2O5S2. The van der Waals surface area contributed by atoms with Gasteiger partial charge >= 0.3 is 5.97 Å². The number of fused-ring (bicyclic) bond motifs is 1. The number of aromatic nitrogens is 1. The standard InChI is InChI=1S/C31H26N2O5S2/c1-4-16-38-22-15-14-20(18-23(22)36-5-2)19-25-29(34)33-28(24-13-10-17-39-24)26(30(35)37-6-3)27(32-31(33)40-25)21-11-8-7-9-12-21/h1,7-15,17-19,28H,5-6,16H2,2-3H3/b25-19-/t28-/m1/s1. The second-order valence-corrected chi connectivity index (χ2v) is 10.6. The summed E-state index contributed by atoms with van der Waals surface area (Å²) >= 11 is 2.74. The van der Waals surface area contributed by atoms with E-state index in [1.54, 1.807) is 23.6 Å². The minimum absolute atomic E-state index is 0.118. The molecule has 7 nitrogen and oxygen atoms in total. The van der Waals surface area contributed by atoms with Crippen LogP contribution < -0.4 is 24.4 Å². The largest absolute Gasteiger partial charge is 0.490 e. The topological polar surface area (TPSA) is 79.1 Å². The van der Waals surface area contributed by atoms with Crippen molar-refractivity contribution in [2.75, 3.05) is 19.8 Å². The summed E-state index contributed by atoms with van der Waals surface area (Å²) < 4.78 is 18.9. The molecule has 2 aromatic heterocycles. The Morgan fingerprint density at radius 1 is 1.07 bits per heavy atom. The van der Waals surface area contributed by atoms with E-state index >= 15 is 0 Å². The molecule has 40 heavy (non-hydrogen) atoms. The monoisotopic (exact) mass is 570 g/mol. The number of carbonyl (C=O) groups excluding carboxylic acids is 1. The lowest BCUT2D eigenvalue weighted by Crippen LogP contribution is -2.39. The van der Waals surface area contributed by atoms with Crippen LogP contribution in [0.1, 0.15) is 35.9 Å². The van der Waals surface area contributed by atoms with E-state index in [4.69, 9.17) is 25.6 Å². The quantitative estimate of drug-likeness (QED) is 0.220. The third kappa shape index (κ3) is 5.37. The van der Waals surface area contributed by atoms with Gasteiger partial charge in [0.15, 0.2) is 16.3 Å². The van der Waals surface area contributed by atoms with Crippen LogP contribution in [-0.4, -0.2) is 30.4 Å². The van der Waals surface area contributed by atoms with E-state index in [2.05, 4.69) is 5.92 Å². The molecule has 0 saturated heterocycles. The maximum atomic E-state index is 13.9. The van der Waals surface area contributed by atoms with Crippen LogP contribution in [0.3, 0.4) is 0 Å². The fraction of sp³-hybridized carbons (Fsp3) is 0.194. The molecule has 0 fully saturated rings. The van der Waals surface area contributed by atoms with Crippen LogP contribution in [0.25, 0.3) is 11.8 Å². The smallest absolute Gasteiger partial charge is 0.338 e. The minimum Gasteiger partial charge on any atom is -0.490 e. The zero-order valence-corrected chi connectivity index (χ0v) is 23.6. The lowest BCUT2D eigenvalue weighted by Gasteiger charge is -2.24. The number of ether oxygens (including phenoxy) is 3. The summed E-state index contributed by atoms with van der Waals surface area (Å²) in [6.07, 6.45) is 7.13. The fourth-order valence-electron chi connectivity index (χ4n) is 4.43. The third-order valence-electron chi connectivity index (χ3n) is 6.06. The Hall–Kier alpha value is -4.39. The number of carbonyl (C=O) groups is 1. The van der Waals surface area contributed by atoms with Gasteiger partial charge in [-0.1, -0.05) is 59.7 Å². The average molecular weight is 571 g/mol. The molecule has 0 bridgehead atoms. The normalized spacial score (nSPS) is 14.7. The number of nitrogens with zero attached hydrogens (tertiary/aromatic N) is 2. The predicted molar refractivity (Wildman–Crippen MR) is 157 cm³/mol. The van der Waals surface area contributed by atoms with E-state index in [-0.39, 0.29) is 18.8 Å². The highest BCUT2D eigenvalue weighted by molar-refractivity contribution is 7.10. The van der Waals surface area contributed by atoms with Gasteiger partial charge in [0.05, 0.1) is 29.0 Å². The zero-order valence-electron chi connectivity index (χ0n) is 22.0. The number of thiazole rings is 1. The number of hydrogen-bond acceptors (Lipinski definition) is 8. The molecule has 0 unspecified atom stereocenters. The molecule has 0 N–H and O–H groups in total. The van der Waals surface area contributed by atoms with Gasteiger partial charge in [-0.15, -0.1) is 17.8 Å². The van der Waals surface area contributed by atoms with Crippen LogP contribution in [0.2, 0.25) is 0 Å². The van der Waals surface area contributed by atoms with Crippen molar-refractivity contribution in [3.63, 3.8) is 0 Å². The molecule has 0 radical (unpaired) electrons. The lowest BCUT2D eigenvalue weighted by atomic mass is 9.97. The molecule has 0 aliphatic carbocycles. The van der Waals surface area contributed by atoms with Crippen LogP contribution >= 0.6 is 22.7 Å². The molecule has 0 amide bonds. The van der Waals surface area contributed by atoms with Gasteiger partial charge in [0, 0.05) is 10.4 Å². The maximum Gasteiger partial charge on any atom is 0.338 e. The molecule has 9 heteroatoms. The average Bonchev–Trinajstić information content (AvgIpc) is 3.61. The van der Waals surface area contributed by atoms with Crippen molar-refractivity contribution in [3.8, 4) is 23.8 Å². The van der Waals surface area contributed by atoms with Gasteiger partial charge in [0.25, 0.3) is 5.56 Å². The van der Waals surface area contributed by atoms with Crippen LogP contribution in [0.15, 0.2) is 81.4 Å². The second-order valence-electron chi connectivity index (χ2n) is 8.58. The van der Waals surface area contributed by atoms with Gasteiger partial charge in [0.2, 0.25) is 0 Å². The fourth-order valence-corrected chi connectivity index (χ4v) is 6.25. The lowest BCUT2D eigenvalue weighted by molar-refractivity contribution is -0.138. The van der Waals surface area contributed by atoms with E-state index < -0.39 is 12.0 Å². The summed E-state index contributed by atoms with van der Waals surface area (Å²) in [6.45, 7) is 4.40. The second kappa shape index (κ2) is 12.2. The molecule has 4 aromatic rings. The molecule has 3 heterocycles. The Balaban J connectivity index is 1.72. The molecule has 5 rings (SSSR count). The molecule has 202 valence electrons. The Morgan fingerprint density at radius 2 is 1.90 bits per heavy atom. The Labute approximate surface area is 239 Å². The van der Waals surface area contributed by atoms with E-state index in [1.807, 2.05) is 66.9 Å². The van der Waals surface area contributed by atoms with Crippen molar-refractivity contribution in [3.05, 3.63) is 107 Å². The van der Waals surface area contributed by atoms with Gasteiger partial charge in [-0.05, 0) is 49.1 Å². The first-order valence-corrected chi connectivity index (χ1v) is 14.4. The first-order chi connectivity index (χ1) is 19.5. The third-order valence-corrected chi connectivity index (χ3v) is 7.97. The van der Waals surface area contributed by atoms with Gasteiger partial charge in [-0.3, -0.25) is 9.36 Å². The van der Waals surface area contributed by atoms with Crippen LogP contribution in [0.4, 0.5) is 0 Å². The van der Waals surface area contributed by atoms with Crippen molar-refractivity contribution in [2.24, 2.45) is 4.99 Å². The SMILES string of the molecule is C#CCOc1ccc(/C=c2\sc3n(c2=O)[C@H](c2cccs2)C(C(=O)OCC)=C(c2ccccc2)N=3)cc1OCC. The van der Waals surface area contributed by atoms with E-state index in [9.17, 15) is 9.59 Å². The highest BCUT2D eigenvalue weighted by atomic mass is 32.1. The molecule has 1 aliphatic heterocycles. The van der Waals surface area contributed by atoms with E-state index in [0.717, 1.165) is 16.0 Å². The summed E-state index contributed by atoms with van der Waals surface area (Å²) in [7, 11) is 0. The summed E-state index contributed by atoms with van der Waals surface area (Å²) in [5.41, 5.74) is 2.11. The Kier molecular flexibility index (Phi) is 8.29. The highest BCUT2D eigenvalue weighted by Crippen LogP contribution is 2.37. The van der Waals surface area contributed by atoms with Crippen molar-refractivity contribution in [1.29, 1.82) is 0 Å². The van der Waals surface area contributed by atoms with Crippen molar-refractivity contribution in [1.82, 2.24) is 4.57 Å². The summed E-state index contributed by atoms with van der Waals surface area (Å²) in [4.78, 5) is 33.6. The summed E-state index contributed by atoms with van der Waals surface area (Å²) in [5, 5.41) is 1.93. The first-order valence-electron chi connectivity index (χ1n) is 12.7. The number of hydrogen-bond donors (Lipinski definition) is 0. The molecule has 0 spiro atoms. The molecule has 0 saturated carbocycles. The number of rotatable bonds is 9. The van der Waals surface area contributed by atoms with Gasteiger partial charge in [-0.25, -0.2) is 9.79 Å². The number of benzene rings is 2. The summed E-state index contributed by atoms with van der Waals surface area (Å²) in [6, 6.07) is 18.1. The van der Waals surface area contributed by atoms with Crippen LogP contribution in [0.5, 0.6) is 11.5 Å². The van der Waals surface area contributed by atoms with Gasteiger partial charge in [-0.2, -0.15) is 0 Å². The molecule has 1 aliphatic rings. The van der Waals surface area contributed by atoms with E-state index in [0.29, 0.717) is 38.7 Å². The van der Waals surface area contributed by atoms with E-state index in [1.165, 1.54) is 22.7 Å². The molecule has 2 aromatic carbocycles. The molecular weight excluding hydrogens is 544 g/mol. The van der Waals surface area contributed by atoms with Crippen molar-refractivity contribution < 1.29 is 19.0 Å². The van der Waals surface area contributed by atoms with Crippen molar-refractivity contribution >= 4 is 40.4 Å². The van der Waals surface area contributed by atoms with Crippen LogP contribution in [-0.2, 0) is 9.53 Å². The number of thiophene rings is 1.